The molecule has 1 aliphatic heterocycles. The third kappa shape index (κ3) is 3.20. The average Bonchev–Trinajstić information content (AvgIpc) is 2.26. The molecule has 0 bridgehead atoms. The Labute approximate surface area is 101 Å². The van der Waals surface area contributed by atoms with Crippen molar-refractivity contribution < 1.29 is 14.6 Å². The average molecular weight is 235 g/mol. The fraction of sp³-hybridized carbons (Fsp3) is 0.462. The second kappa shape index (κ2) is 5.19. The first-order valence-electron chi connectivity index (χ1n) is 5.74. The van der Waals surface area contributed by atoms with Crippen molar-refractivity contribution in [2.45, 2.75) is 13.0 Å². The molecule has 0 radical (unpaired) electrons. The minimum atomic E-state index is -0.695. The molecule has 0 amide bonds. The normalized spacial score (nSPS) is 16.5. The molecule has 1 N–H and O–H groups in total. The molecule has 0 aliphatic carbocycles. The number of nitrogens with zero attached hydrogens (tertiary/aromatic N) is 1. The van der Waals surface area contributed by atoms with Gasteiger partial charge in [0.25, 0.3) is 0 Å². The number of rotatable bonds is 5. The van der Waals surface area contributed by atoms with Gasteiger partial charge in [-0.25, -0.2) is 0 Å². The largest absolute Gasteiger partial charge is 0.497 e. The van der Waals surface area contributed by atoms with Gasteiger partial charge in [-0.15, -0.1) is 0 Å². The lowest BCUT2D eigenvalue weighted by molar-refractivity contribution is -0.139. The summed E-state index contributed by atoms with van der Waals surface area (Å²) in [7, 11) is 1.65. The zero-order valence-corrected chi connectivity index (χ0v) is 9.93. The summed E-state index contributed by atoms with van der Waals surface area (Å²) in [6.07, 6.45) is 0.291. The van der Waals surface area contributed by atoms with Crippen LogP contribution in [0.25, 0.3) is 0 Å². The van der Waals surface area contributed by atoms with Gasteiger partial charge in [-0.1, -0.05) is 12.1 Å². The molecule has 4 heteroatoms. The fourth-order valence-electron chi connectivity index (χ4n) is 2.17. The number of aliphatic carboxylic acids is 1. The van der Waals surface area contributed by atoms with Crippen molar-refractivity contribution in [3.05, 3.63) is 29.8 Å². The monoisotopic (exact) mass is 235 g/mol. The van der Waals surface area contributed by atoms with Gasteiger partial charge in [0.2, 0.25) is 0 Å². The molecule has 1 heterocycles. The van der Waals surface area contributed by atoms with E-state index >= 15 is 0 Å². The summed E-state index contributed by atoms with van der Waals surface area (Å²) in [4.78, 5) is 12.8. The summed E-state index contributed by atoms with van der Waals surface area (Å²) in [6, 6.07) is 7.99. The van der Waals surface area contributed by atoms with E-state index in [0.29, 0.717) is 12.3 Å². The number of carbonyl (C=O) groups is 1. The van der Waals surface area contributed by atoms with Crippen LogP contribution in [0.3, 0.4) is 0 Å². The molecule has 17 heavy (non-hydrogen) atoms. The molecule has 2 rings (SSSR count). The predicted octanol–water partition coefficient (Wildman–Crippen LogP) is 1.60. The SMILES string of the molecule is COc1ccc(CN2CC(CC(=O)O)C2)cc1. The van der Waals surface area contributed by atoms with E-state index in [-0.39, 0.29) is 0 Å². The molecular weight excluding hydrogens is 218 g/mol. The van der Waals surface area contributed by atoms with E-state index in [0.717, 1.165) is 25.4 Å². The molecular formula is C13H17NO3. The van der Waals surface area contributed by atoms with Crippen LogP contribution in [0.5, 0.6) is 5.75 Å². The molecule has 1 saturated heterocycles. The smallest absolute Gasteiger partial charge is 0.303 e. The van der Waals surface area contributed by atoms with Crippen molar-refractivity contribution in [3.8, 4) is 5.75 Å². The van der Waals surface area contributed by atoms with Crippen LogP contribution in [-0.4, -0.2) is 36.2 Å². The Morgan fingerprint density at radius 1 is 1.41 bits per heavy atom. The van der Waals surface area contributed by atoms with Crippen LogP contribution >= 0.6 is 0 Å². The zero-order valence-electron chi connectivity index (χ0n) is 9.93. The van der Waals surface area contributed by atoms with Crippen molar-refractivity contribution >= 4 is 5.97 Å². The van der Waals surface area contributed by atoms with E-state index < -0.39 is 5.97 Å². The molecule has 0 atom stereocenters. The maximum atomic E-state index is 10.5. The lowest BCUT2D eigenvalue weighted by Gasteiger charge is -2.38. The highest BCUT2D eigenvalue weighted by Gasteiger charge is 2.28. The van der Waals surface area contributed by atoms with Gasteiger partial charge < -0.3 is 9.84 Å². The lowest BCUT2D eigenvalue weighted by atomic mass is 9.96. The van der Waals surface area contributed by atoms with Gasteiger partial charge >= 0.3 is 5.97 Å². The number of carboxylic acid groups (broad SMARTS) is 1. The van der Waals surface area contributed by atoms with E-state index in [1.54, 1.807) is 7.11 Å². The number of benzene rings is 1. The van der Waals surface area contributed by atoms with E-state index in [2.05, 4.69) is 4.90 Å². The van der Waals surface area contributed by atoms with E-state index in [4.69, 9.17) is 9.84 Å². The van der Waals surface area contributed by atoms with E-state index in [1.807, 2.05) is 24.3 Å². The number of hydrogen-bond donors (Lipinski definition) is 1. The Balaban J connectivity index is 1.77. The predicted molar refractivity (Wildman–Crippen MR) is 64.0 cm³/mol. The maximum absolute atomic E-state index is 10.5. The number of likely N-dealkylation sites (tertiary alicyclic amines) is 1. The molecule has 0 spiro atoms. The van der Waals surface area contributed by atoms with Gasteiger partial charge in [0.05, 0.1) is 13.5 Å². The van der Waals surface area contributed by atoms with E-state index in [1.165, 1.54) is 5.56 Å². The Morgan fingerprint density at radius 3 is 2.59 bits per heavy atom. The van der Waals surface area contributed by atoms with Gasteiger partial charge in [-0.2, -0.15) is 0 Å². The third-order valence-electron chi connectivity index (χ3n) is 3.06. The molecule has 1 aromatic carbocycles. The van der Waals surface area contributed by atoms with Gasteiger partial charge in [0.1, 0.15) is 5.75 Å². The summed E-state index contributed by atoms with van der Waals surface area (Å²) >= 11 is 0. The summed E-state index contributed by atoms with van der Waals surface area (Å²) in [5, 5.41) is 8.65. The lowest BCUT2D eigenvalue weighted by Crippen LogP contribution is -2.46. The van der Waals surface area contributed by atoms with Crippen molar-refractivity contribution in [1.82, 2.24) is 4.90 Å². The quantitative estimate of drug-likeness (QED) is 0.842. The van der Waals surface area contributed by atoms with Crippen LogP contribution in [0.4, 0.5) is 0 Å². The van der Waals surface area contributed by atoms with Crippen LogP contribution < -0.4 is 4.74 Å². The Morgan fingerprint density at radius 2 is 2.06 bits per heavy atom. The summed E-state index contributed by atoms with van der Waals surface area (Å²) in [5.74, 6) is 0.492. The van der Waals surface area contributed by atoms with Gasteiger partial charge in [-0.05, 0) is 23.6 Å². The molecule has 4 nitrogen and oxygen atoms in total. The fourth-order valence-corrected chi connectivity index (χ4v) is 2.17. The van der Waals surface area contributed by atoms with Crippen molar-refractivity contribution in [3.63, 3.8) is 0 Å². The minimum absolute atomic E-state index is 0.291. The summed E-state index contributed by atoms with van der Waals surface area (Å²) in [5.41, 5.74) is 1.24. The first-order chi connectivity index (χ1) is 8.17. The topological polar surface area (TPSA) is 49.8 Å². The highest BCUT2D eigenvalue weighted by molar-refractivity contribution is 5.67. The highest BCUT2D eigenvalue weighted by Crippen LogP contribution is 2.22. The molecule has 1 aliphatic rings. The molecule has 0 unspecified atom stereocenters. The summed E-state index contributed by atoms with van der Waals surface area (Å²) < 4.78 is 5.10. The Hall–Kier alpha value is -1.55. The van der Waals surface area contributed by atoms with Crippen LogP contribution in [0, 0.1) is 5.92 Å². The summed E-state index contributed by atoms with van der Waals surface area (Å²) in [6.45, 7) is 2.66. The molecule has 1 aromatic rings. The van der Waals surface area contributed by atoms with Crippen molar-refractivity contribution in [2.24, 2.45) is 5.92 Å². The van der Waals surface area contributed by atoms with Crippen LogP contribution in [-0.2, 0) is 11.3 Å². The van der Waals surface area contributed by atoms with Gasteiger partial charge in [-0.3, -0.25) is 9.69 Å². The molecule has 1 fully saturated rings. The van der Waals surface area contributed by atoms with Crippen LogP contribution in [0.15, 0.2) is 24.3 Å². The number of methoxy groups -OCH3 is 1. The molecule has 92 valence electrons. The van der Waals surface area contributed by atoms with Crippen LogP contribution in [0.2, 0.25) is 0 Å². The maximum Gasteiger partial charge on any atom is 0.303 e. The van der Waals surface area contributed by atoms with Gasteiger partial charge in [0, 0.05) is 19.6 Å². The zero-order chi connectivity index (χ0) is 12.3. The van der Waals surface area contributed by atoms with Gasteiger partial charge in [0.15, 0.2) is 0 Å². The van der Waals surface area contributed by atoms with E-state index in [9.17, 15) is 4.79 Å². The second-order valence-electron chi connectivity index (χ2n) is 4.51. The van der Waals surface area contributed by atoms with Crippen molar-refractivity contribution in [1.29, 1.82) is 0 Å². The first kappa shape index (κ1) is 11.9. The number of ether oxygens (including phenoxy) is 1. The second-order valence-corrected chi connectivity index (χ2v) is 4.51. The number of carboxylic acids is 1. The van der Waals surface area contributed by atoms with Crippen molar-refractivity contribution in [2.75, 3.05) is 20.2 Å². The number of hydrogen-bond acceptors (Lipinski definition) is 3. The molecule has 0 saturated carbocycles. The standard InChI is InChI=1S/C13H17NO3/c1-17-12-4-2-10(3-5-12)7-14-8-11(9-14)6-13(15)16/h2-5,11H,6-9H2,1H3,(H,15,16). The first-order valence-corrected chi connectivity index (χ1v) is 5.74. The Bertz CT molecular complexity index is 382. The minimum Gasteiger partial charge on any atom is -0.497 e. The van der Waals surface area contributed by atoms with Crippen LogP contribution in [0.1, 0.15) is 12.0 Å². The highest BCUT2D eigenvalue weighted by atomic mass is 16.5. The Kier molecular flexibility index (Phi) is 3.64. The molecule has 0 aromatic heterocycles. The third-order valence-corrected chi connectivity index (χ3v) is 3.06.